The third kappa shape index (κ3) is 2.88. The summed E-state index contributed by atoms with van der Waals surface area (Å²) in [5, 5.41) is 0. The molecule has 0 bridgehead atoms. The van der Waals surface area contributed by atoms with Crippen LogP contribution >= 0.6 is 0 Å². The van der Waals surface area contributed by atoms with Crippen LogP contribution in [0.4, 0.5) is 0 Å². The molecule has 0 spiro atoms. The van der Waals surface area contributed by atoms with Crippen LogP contribution in [0.1, 0.15) is 21.5 Å². The lowest BCUT2D eigenvalue weighted by Gasteiger charge is -2.10. The maximum Gasteiger partial charge on any atom is 0.252 e. The second-order valence-corrected chi connectivity index (χ2v) is 4.14. The van der Waals surface area contributed by atoms with E-state index in [9.17, 15) is 4.79 Å². The number of amides is 1. The molecule has 0 atom stereocenters. The van der Waals surface area contributed by atoms with E-state index in [0.717, 1.165) is 11.1 Å². The number of ether oxygens (including phenoxy) is 1. The van der Waals surface area contributed by atoms with Crippen LogP contribution in [-0.2, 0) is 6.61 Å². The van der Waals surface area contributed by atoms with E-state index in [2.05, 4.69) is 0 Å². The number of aryl methyl sites for hydroxylation is 1. The maximum atomic E-state index is 11.3. The number of nitrogens with two attached hydrogens (primary N) is 1. The molecule has 3 heteroatoms. The largest absolute Gasteiger partial charge is 0.488 e. The molecule has 2 rings (SSSR count). The van der Waals surface area contributed by atoms with Gasteiger partial charge in [0.2, 0.25) is 0 Å². The van der Waals surface area contributed by atoms with Crippen LogP contribution in [0.15, 0.2) is 48.5 Å². The van der Waals surface area contributed by atoms with Crippen molar-refractivity contribution >= 4 is 5.91 Å². The van der Waals surface area contributed by atoms with E-state index in [0.29, 0.717) is 17.9 Å². The Kier molecular flexibility index (Phi) is 3.63. The lowest BCUT2D eigenvalue weighted by molar-refractivity contribution is 0.0996. The average molecular weight is 241 g/mol. The molecule has 0 aromatic heterocycles. The molecular formula is C15H15NO2. The van der Waals surface area contributed by atoms with Crippen molar-refractivity contribution in [1.82, 2.24) is 0 Å². The van der Waals surface area contributed by atoms with Crippen LogP contribution in [0.3, 0.4) is 0 Å². The Morgan fingerprint density at radius 2 is 1.89 bits per heavy atom. The van der Waals surface area contributed by atoms with Crippen LogP contribution in [0.5, 0.6) is 5.75 Å². The molecule has 0 saturated carbocycles. The molecule has 92 valence electrons. The van der Waals surface area contributed by atoms with Gasteiger partial charge in [-0.2, -0.15) is 0 Å². The summed E-state index contributed by atoms with van der Waals surface area (Å²) in [7, 11) is 0. The molecule has 0 aliphatic heterocycles. The smallest absolute Gasteiger partial charge is 0.252 e. The van der Waals surface area contributed by atoms with Crippen LogP contribution in [-0.4, -0.2) is 5.91 Å². The zero-order valence-corrected chi connectivity index (χ0v) is 10.2. The Morgan fingerprint density at radius 3 is 2.56 bits per heavy atom. The first kappa shape index (κ1) is 12.2. The minimum atomic E-state index is -0.471. The fourth-order valence-corrected chi connectivity index (χ4v) is 1.70. The van der Waals surface area contributed by atoms with E-state index in [1.807, 2.05) is 43.3 Å². The Bertz CT molecular complexity index is 550. The van der Waals surface area contributed by atoms with Crippen molar-refractivity contribution < 1.29 is 9.53 Å². The minimum Gasteiger partial charge on any atom is -0.488 e. The zero-order valence-electron chi connectivity index (χ0n) is 10.2. The number of rotatable bonds is 4. The highest BCUT2D eigenvalue weighted by molar-refractivity contribution is 5.95. The van der Waals surface area contributed by atoms with Gasteiger partial charge in [-0.25, -0.2) is 0 Å². The van der Waals surface area contributed by atoms with Gasteiger partial charge in [0.1, 0.15) is 12.4 Å². The number of primary amides is 1. The predicted octanol–water partition coefficient (Wildman–Crippen LogP) is 2.67. The second kappa shape index (κ2) is 5.36. The first-order valence-electron chi connectivity index (χ1n) is 5.74. The monoisotopic (exact) mass is 241 g/mol. The minimum absolute atomic E-state index is 0.421. The van der Waals surface area contributed by atoms with Crippen LogP contribution in [0.2, 0.25) is 0 Å². The predicted molar refractivity (Wildman–Crippen MR) is 70.5 cm³/mol. The second-order valence-electron chi connectivity index (χ2n) is 4.14. The fourth-order valence-electron chi connectivity index (χ4n) is 1.70. The van der Waals surface area contributed by atoms with Crippen LogP contribution < -0.4 is 10.5 Å². The first-order valence-corrected chi connectivity index (χ1v) is 5.74. The maximum absolute atomic E-state index is 11.3. The molecule has 3 nitrogen and oxygen atoms in total. The number of carbonyl (C=O) groups is 1. The van der Waals surface area contributed by atoms with Gasteiger partial charge in [0.25, 0.3) is 5.91 Å². The quantitative estimate of drug-likeness (QED) is 0.894. The van der Waals surface area contributed by atoms with Crippen molar-refractivity contribution in [3.8, 4) is 5.75 Å². The summed E-state index contributed by atoms with van der Waals surface area (Å²) in [5.41, 5.74) is 7.79. The van der Waals surface area contributed by atoms with Crippen molar-refractivity contribution in [3.05, 3.63) is 65.2 Å². The summed E-state index contributed by atoms with van der Waals surface area (Å²) in [6.07, 6.45) is 0. The average Bonchev–Trinajstić information content (AvgIpc) is 2.38. The Balaban J connectivity index is 2.17. The van der Waals surface area contributed by atoms with Gasteiger partial charge in [-0.05, 0) is 24.6 Å². The molecule has 1 amide bonds. The number of carbonyl (C=O) groups excluding carboxylic acids is 1. The topological polar surface area (TPSA) is 52.3 Å². The number of benzene rings is 2. The summed E-state index contributed by atoms with van der Waals surface area (Å²) in [6, 6.07) is 15.2. The van der Waals surface area contributed by atoms with Gasteiger partial charge < -0.3 is 10.5 Å². The highest BCUT2D eigenvalue weighted by atomic mass is 16.5. The van der Waals surface area contributed by atoms with Crippen LogP contribution in [0, 0.1) is 6.92 Å². The van der Waals surface area contributed by atoms with E-state index in [-0.39, 0.29) is 0 Å². The molecule has 0 heterocycles. The van der Waals surface area contributed by atoms with E-state index in [1.54, 1.807) is 12.1 Å². The van der Waals surface area contributed by atoms with Crippen molar-refractivity contribution in [1.29, 1.82) is 0 Å². The number of hydrogen-bond acceptors (Lipinski definition) is 2. The summed E-state index contributed by atoms with van der Waals surface area (Å²) in [5.74, 6) is 0.0544. The molecule has 0 saturated heterocycles. The molecule has 18 heavy (non-hydrogen) atoms. The van der Waals surface area contributed by atoms with Gasteiger partial charge in [-0.15, -0.1) is 0 Å². The lowest BCUT2D eigenvalue weighted by atomic mass is 10.1. The van der Waals surface area contributed by atoms with Crippen molar-refractivity contribution in [2.45, 2.75) is 13.5 Å². The molecule has 2 N–H and O–H groups in total. The molecule has 0 aliphatic rings. The van der Waals surface area contributed by atoms with E-state index in [1.165, 1.54) is 0 Å². The molecule has 2 aromatic rings. The molecule has 0 fully saturated rings. The van der Waals surface area contributed by atoms with Crippen molar-refractivity contribution in [2.24, 2.45) is 5.73 Å². The van der Waals surface area contributed by atoms with Gasteiger partial charge in [-0.1, -0.05) is 42.0 Å². The van der Waals surface area contributed by atoms with E-state index >= 15 is 0 Å². The van der Waals surface area contributed by atoms with E-state index in [4.69, 9.17) is 10.5 Å². The van der Waals surface area contributed by atoms with Gasteiger partial charge >= 0.3 is 0 Å². The highest BCUT2D eigenvalue weighted by Crippen LogP contribution is 2.20. The summed E-state index contributed by atoms with van der Waals surface area (Å²) >= 11 is 0. The van der Waals surface area contributed by atoms with Crippen LogP contribution in [0.25, 0.3) is 0 Å². The summed E-state index contributed by atoms with van der Waals surface area (Å²) in [6.45, 7) is 2.33. The normalized spacial score (nSPS) is 10.1. The van der Waals surface area contributed by atoms with Crippen molar-refractivity contribution in [3.63, 3.8) is 0 Å². The van der Waals surface area contributed by atoms with Crippen molar-refractivity contribution in [2.75, 3.05) is 0 Å². The Labute approximate surface area is 106 Å². The summed E-state index contributed by atoms with van der Waals surface area (Å²) < 4.78 is 5.64. The third-order valence-corrected chi connectivity index (χ3v) is 2.64. The third-order valence-electron chi connectivity index (χ3n) is 2.64. The SMILES string of the molecule is Cc1ccc(OCc2ccccc2)c(C(N)=O)c1. The van der Waals surface area contributed by atoms with Gasteiger partial charge in [0.05, 0.1) is 5.56 Å². The Hall–Kier alpha value is -2.29. The highest BCUT2D eigenvalue weighted by Gasteiger charge is 2.09. The zero-order chi connectivity index (χ0) is 13.0. The van der Waals surface area contributed by atoms with Gasteiger partial charge in [-0.3, -0.25) is 4.79 Å². The molecule has 0 radical (unpaired) electrons. The molecule has 0 aliphatic carbocycles. The fraction of sp³-hybridized carbons (Fsp3) is 0.133. The molecule has 0 unspecified atom stereocenters. The molecular weight excluding hydrogens is 226 g/mol. The number of hydrogen-bond donors (Lipinski definition) is 1. The standard InChI is InChI=1S/C15H15NO2/c1-11-7-8-14(13(9-11)15(16)17)18-10-12-5-3-2-4-6-12/h2-9H,10H2,1H3,(H2,16,17). The Morgan fingerprint density at radius 1 is 1.17 bits per heavy atom. The van der Waals surface area contributed by atoms with Gasteiger partial charge in [0, 0.05) is 0 Å². The first-order chi connectivity index (χ1) is 8.66. The van der Waals surface area contributed by atoms with Gasteiger partial charge in [0.15, 0.2) is 0 Å². The molecule has 2 aromatic carbocycles. The summed E-state index contributed by atoms with van der Waals surface area (Å²) in [4.78, 5) is 11.3. The van der Waals surface area contributed by atoms with E-state index < -0.39 is 5.91 Å². The lowest BCUT2D eigenvalue weighted by Crippen LogP contribution is -2.13.